The largest absolute Gasteiger partial charge is 0.342 e. The van der Waals surface area contributed by atoms with Gasteiger partial charge in [-0.15, -0.1) is 11.3 Å². The summed E-state index contributed by atoms with van der Waals surface area (Å²) in [6.45, 7) is 4.06. The topological polar surface area (TPSA) is 46.1 Å². The molecule has 0 saturated carbocycles. The first-order chi connectivity index (χ1) is 10.7. The molecule has 5 heteroatoms. The molecule has 22 heavy (non-hydrogen) atoms. The minimum atomic E-state index is 0.269. The molecule has 2 aromatic heterocycles. The van der Waals surface area contributed by atoms with Crippen molar-refractivity contribution in [2.75, 3.05) is 13.1 Å². The number of hydrogen-bond donors (Lipinski definition) is 0. The van der Waals surface area contributed by atoms with Crippen LogP contribution in [0.25, 0.3) is 10.6 Å². The number of hydrogen-bond acceptors (Lipinski definition) is 4. The number of amides is 1. The molecular formula is C17H21N3OS. The highest BCUT2D eigenvalue weighted by atomic mass is 32.1. The van der Waals surface area contributed by atoms with Crippen molar-refractivity contribution in [3.8, 4) is 10.6 Å². The second-order valence-corrected chi connectivity index (χ2v) is 6.83. The summed E-state index contributed by atoms with van der Waals surface area (Å²) in [5, 5.41) is 3.05. The van der Waals surface area contributed by atoms with Gasteiger partial charge < -0.3 is 4.90 Å². The quantitative estimate of drug-likeness (QED) is 0.869. The fourth-order valence-electron chi connectivity index (χ4n) is 2.86. The van der Waals surface area contributed by atoms with Crippen molar-refractivity contribution in [2.24, 2.45) is 5.92 Å². The van der Waals surface area contributed by atoms with Gasteiger partial charge in [0, 0.05) is 42.8 Å². The van der Waals surface area contributed by atoms with Gasteiger partial charge in [0.25, 0.3) is 0 Å². The molecule has 2 aromatic rings. The molecule has 1 aliphatic heterocycles. The summed E-state index contributed by atoms with van der Waals surface area (Å²) in [5.74, 6) is 0.903. The Hall–Kier alpha value is -1.75. The normalized spacial score (nSPS) is 18.4. The van der Waals surface area contributed by atoms with Gasteiger partial charge in [0.1, 0.15) is 5.01 Å². The van der Waals surface area contributed by atoms with Gasteiger partial charge in [0.05, 0.1) is 5.69 Å². The summed E-state index contributed by atoms with van der Waals surface area (Å²) in [6.07, 6.45) is 7.22. The third kappa shape index (κ3) is 3.71. The number of aromatic nitrogens is 2. The lowest BCUT2D eigenvalue weighted by Gasteiger charge is -2.31. The zero-order chi connectivity index (χ0) is 15.4. The monoisotopic (exact) mass is 315 g/mol. The Kier molecular flexibility index (Phi) is 4.83. The van der Waals surface area contributed by atoms with E-state index in [0.29, 0.717) is 12.3 Å². The van der Waals surface area contributed by atoms with E-state index in [4.69, 9.17) is 0 Å². The summed E-state index contributed by atoms with van der Waals surface area (Å²) in [7, 11) is 0. The van der Waals surface area contributed by atoms with Crippen LogP contribution in [0.4, 0.5) is 0 Å². The number of carbonyl (C=O) groups excluding carboxylic acids is 1. The van der Waals surface area contributed by atoms with E-state index in [9.17, 15) is 4.79 Å². The summed E-state index contributed by atoms with van der Waals surface area (Å²) in [4.78, 5) is 23.0. The first-order valence-corrected chi connectivity index (χ1v) is 8.73. The number of rotatable bonds is 4. The summed E-state index contributed by atoms with van der Waals surface area (Å²) in [5.41, 5.74) is 2.10. The number of nitrogens with zero attached hydrogens (tertiary/aromatic N) is 3. The second-order valence-electron chi connectivity index (χ2n) is 5.97. The Labute approximate surface area is 135 Å². The van der Waals surface area contributed by atoms with Crippen LogP contribution in [0.5, 0.6) is 0 Å². The van der Waals surface area contributed by atoms with E-state index in [0.717, 1.165) is 42.2 Å². The minimum absolute atomic E-state index is 0.269. The number of likely N-dealkylation sites (tertiary alicyclic amines) is 1. The standard InChI is InChI=1S/C17H21N3OS/c1-13-3-2-10-20(11-13)16(21)5-4-15-12-22-17(19-15)14-6-8-18-9-7-14/h6-9,12-13H,2-5,10-11H2,1H3. The number of carbonyl (C=O) groups is 1. The van der Waals surface area contributed by atoms with Gasteiger partial charge in [-0.2, -0.15) is 0 Å². The van der Waals surface area contributed by atoms with Crippen molar-refractivity contribution in [1.82, 2.24) is 14.9 Å². The van der Waals surface area contributed by atoms with Crippen molar-refractivity contribution in [1.29, 1.82) is 0 Å². The lowest BCUT2D eigenvalue weighted by Crippen LogP contribution is -2.39. The third-order valence-electron chi connectivity index (χ3n) is 4.08. The van der Waals surface area contributed by atoms with Crippen molar-refractivity contribution >= 4 is 17.2 Å². The maximum atomic E-state index is 12.3. The van der Waals surface area contributed by atoms with Gasteiger partial charge in [-0.1, -0.05) is 6.92 Å². The number of aryl methyl sites for hydroxylation is 1. The van der Waals surface area contributed by atoms with Crippen LogP contribution in [-0.2, 0) is 11.2 Å². The van der Waals surface area contributed by atoms with Crippen LogP contribution in [-0.4, -0.2) is 33.9 Å². The predicted octanol–water partition coefficient (Wildman–Crippen LogP) is 3.40. The van der Waals surface area contributed by atoms with Crippen LogP contribution in [0.15, 0.2) is 29.9 Å². The maximum Gasteiger partial charge on any atom is 0.222 e. The SMILES string of the molecule is CC1CCCN(C(=O)CCc2csc(-c3ccncc3)n2)C1. The van der Waals surface area contributed by atoms with E-state index in [-0.39, 0.29) is 5.91 Å². The van der Waals surface area contributed by atoms with Crippen LogP contribution >= 0.6 is 11.3 Å². The zero-order valence-corrected chi connectivity index (χ0v) is 13.7. The first-order valence-electron chi connectivity index (χ1n) is 7.85. The highest BCUT2D eigenvalue weighted by molar-refractivity contribution is 7.13. The minimum Gasteiger partial charge on any atom is -0.342 e. The van der Waals surface area contributed by atoms with Crippen LogP contribution in [0.3, 0.4) is 0 Å². The molecule has 1 fully saturated rings. The molecule has 0 N–H and O–H groups in total. The molecule has 0 aliphatic carbocycles. The summed E-state index contributed by atoms with van der Waals surface area (Å²) in [6, 6.07) is 3.92. The highest BCUT2D eigenvalue weighted by Crippen LogP contribution is 2.23. The molecule has 0 aromatic carbocycles. The molecule has 0 bridgehead atoms. The number of thiazole rings is 1. The maximum absolute atomic E-state index is 12.3. The smallest absolute Gasteiger partial charge is 0.222 e. The molecule has 3 rings (SSSR count). The molecule has 1 atom stereocenters. The molecule has 0 radical (unpaired) electrons. The van der Waals surface area contributed by atoms with Gasteiger partial charge in [-0.05, 0) is 37.3 Å². The Bertz CT molecular complexity index is 626. The van der Waals surface area contributed by atoms with Crippen molar-refractivity contribution < 1.29 is 4.79 Å². The zero-order valence-electron chi connectivity index (χ0n) is 12.9. The Morgan fingerprint density at radius 1 is 1.41 bits per heavy atom. The lowest BCUT2D eigenvalue weighted by molar-refractivity contribution is -0.132. The third-order valence-corrected chi connectivity index (χ3v) is 5.02. The van der Waals surface area contributed by atoms with Gasteiger partial charge in [-0.25, -0.2) is 4.98 Å². The fourth-order valence-corrected chi connectivity index (χ4v) is 3.72. The molecule has 1 saturated heterocycles. The molecule has 0 spiro atoms. The van der Waals surface area contributed by atoms with Crippen LogP contribution < -0.4 is 0 Å². The molecule has 4 nitrogen and oxygen atoms in total. The molecule has 1 amide bonds. The van der Waals surface area contributed by atoms with E-state index in [1.807, 2.05) is 17.0 Å². The molecular weight excluding hydrogens is 294 g/mol. The van der Waals surface area contributed by atoms with Gasteiger partial charge in [0.15, 0.2) is 0 Å². The fraction of sp³-hybridized carbons (Fsp3) is 0.471. The second kappa shape index (κ2) is 7.01. The summed E-state index contributed by atoms with van der Waals surface area (Å²) >= 11 is 1.63. The van der Waals surface area contributed by atoms with E-state index < -0.39 is 0 Å². The van der Waals surface area contributed by atoms with E-state index >= 15 is 0 Å². The number of pyridine rings is 1. The van der Waals surface area contributed by atoms with Crippen molar-refractivity contribution in [3.05, 3.63) is 35.6 Å². The Morgan fingerprint density at radius 2 is 2.23 bits per heavy atom. The average molecular weight is 315 g/mol. The lowest BCUT2D eigenvalue weighted by atomic mass is 10.00. The van der Waals surface area contributed by atoms with Gasteiger partial charge >= 0.3 is 0 Å². The Balaban J connectivity index is 1.56. The Morgan fingerprint density at radius 3 is 3.00 bits per heavy atom. The first kappa shape index (κ1) is 15.2. The van der Waals surface area contributed by atoms with E-state index in [2.05, 4.69) is 22.3 Å². The van der Waals surface area contributed by atoms with E-state index in [1.165, 1.54) is 6.42 Å². The molecule has 116 valence electrons. The molecule has 3 heterocycles. The van der Waals surface area contributed by atoms with Crippen LogP contribution in [0.1, 0.15) is 31.9 Å². The van der Waals surface area contributed by atoms with Gasteiger partial charge in [0.2, 0.25) is 5.91 Å². The van der Waals surface area contributed by atoms with Crippen LogP contribution in [0.2, 0.25) is 0 Å². The summed E-state index contributed by atoms with van der Waals surface area (Å²) < 4.78 is 0. The van der Waals surface area contributed by atoms with Crippen molar-refractivity contribution in [2.45, 2.75) is 32.6 Å². The van der Waals surface area contributed by atoms with Gasteiger partial charge in [-0.3, -0.25) is 9.78 Å². The predicted molar refractivity (Wildman–Crippen MR) is 88.6 cm³/mol. The van der Waals surface area contributed by atoms with Crippen LogP contribution in [0, 0.1) is 5.92 Å². The molecule has 1 aliphatic rings. The number of piperidine rings is 1. The highest BCUT2D eigenvalue weighted by Gasteiger charge is 2.20. The van der Waals surface area contributed by atoms with Crippen molar-refractivity contribution in [3.63, 3.8) is 0 Å². The van der Waals surface area contributed by atoms with E-state index in [1.54, 1.807) is 23.7 Å². The molecule has 1 unspecified atom stereocenters. The average Bonchev–Trinajstić information content (AvgIpc) is 3.02.